The number of aromatic nitrogens is 3. The molecule has 2 aromatic heterocycles. The van der Waals surface area contributed by atoms with Gasteiger partial charge >= 0.3 is 6.18 Å². The summed E-state index contributed by atoms with van der Waals surface area (Å²) in [6, 6.07) is 1.38. The molecule has 1 saturated heterocycles. The van der Waals surface area contributed by atoms with Crippen LogP contribution in [0.3, 0.4) is 0 Å². The van der Waals surface area contributed by atoms with E-state index in [1.54, 1.807) is 0 Å². The zero-order valence-corrected chi connectivity index (χ0v) is 19.5. The molecule has 0 amide bonds. The topological polar surface area (TPSA) is 69.2 Å². The molecular weight excluding hydrogens is 431 g/mol. The van der Waals surface area contributed by atoms with Crippen molar-refractivity contribution >= 4 is 5.82 Å². The van der Waals surface area contributed by atoms with Crippen LogP contribution >= 0.6 is 0 Å². The zero-order valence-electron chi connectivity index (χ0n) is 19.5. The normalized spacial score (nSPS) is 28.2. The third-order valence-electron chi connectivity index (χ3n) is 7.47. The molecule has 2 N–H and O–H groups in total. The molecule has 1 aliphatic heterocycles. The van der Waals surface area contributed by atoms with Crippen LogP contribution in [0.2, 0.25) is 0 Å². The molecule has 4 fully saturated rings. The van der Waals surface area contributed by atoms with E-state index in [0.717, 1.165) is 51.0 Å². The van der Waals surface area contributed by atoms with Gasteiger partial charge in [0.1, 0.15) is 11.6 Å². The third kappa shape index (κ3) is 4.14. The van der Waals surface area contributed by atoms with Gasteiger partial charge in [-0.1, -0.05) is 20.8 Å². The molecule has 3 heterocycles. The summed E-state index contributed by atoms with van der Waals surface area (Å²) in [5.74, 6) is 0.992. The molecule has 1 unspecified atom stereocenters. The van der Waals surface area contributed by atoms with Gasteiger partial charge in [-0.15, -0.1) is 0 Å². The highest BCUT2D eigenvalue weighted by atomic mass is 19.4. The van der Waals surface area contributed by atoms with Crippen LogP contribution in [0.4, 0.5) is 19.0 Å². The van der Waals surface area contributed by atoms with E-state index in [9.17, 15) is 13.2 Å². The summed E-state index contributed by atoms with van der Waals surface area (Å²) in [5.41, 5.74) is 5.70. The summed E-state index contributed by atoms with van der Waals surface area (Å²) in [6.45, 7) is 9.98. The van der Waals surface area contributed by atoms with Crippen molar-refractivity contribution in [2.45, 2.75) is 64.2 Å². The molecule has 9 heteroatoms. The maximum absolute atomic E-state index is 13.4. The number of rotatable bonds is 4. The molecule has 1 atom stereocenters. The number of fused-ring (bicyclic) bond motifs is 1. The first-order chi connectivity index (χ1) is 15.5. The number of nitrogens with two attached hydrogens (primary N) is 1. The Hall–Kier alpha value is -2.13. The predicted octanol–water partition coefficient (Wildman–Crippen LogP) is 4.56. The summed E-state index contributed by atoms with van der Waals surface area (Å²) < 4.78 is 48.0. The van der Waals surface area contributed by atoms with Crippen molar-refractivity contribution in [2.24, 2.45) is 11.3 Å². The Morgan fingerprint density at radius 2 is 1.85 bits per heavy atom. The van der Waals surface area contributed by atoms with Crippen molar-refractivity contribution < 1.29 is 17.9 Å². The van der Waals surface area contributed by atoms with Crippen molar-refractivity contribution in [3.63, 3.8) is 0 Å². The molecule has 0 radical (unpaired) electrons. The van der Waals surface area contributed by atoms with Crippen molar-refractivity contribution in [3.05, 3.63) is 29.8 Å². The number of anilines is 1. The minimum Gasteiger partial charge on any atom is -0.383 e. The smallest absolute Gasteiger partial charge is 0.383 e. The molecule has 2 aromatic rings. The summed E-state index contributed by atoms with van der Waals surface area (Å²) in [5, 5.41) is 0. The summed E-state index contributed by atoms with van der Waals surface area (Å²) in [7, 11) is 0. The highest BCUT2D eigenvalue weighted by molar-refractivity contribution is 5.62. The van der Waals surface area contributed by atoms with Gasteiger partial charge in [0.25, 0.3) is 0 Å². The largest absolute Gasteiger partial charge is 0.419 e. The van der Waals surface area contributed by atoms with E-state index >= 15 is 0 Å². The second-order valence-electron chi connectivity index (χ2n) is 11.1. The first kappa shape index (κ1) is 22.7. The van der Waals surface area contributed by atoms with E-state index in [1.165, 1.54) is 19.0 Å². The van der Waals surface area contributed by atoms with E-state index < -0.39 is 17.6 Å². The molecule has 2 bridgehead atoms. The number of hydrogen-bond acceptors (Lipinski definition) is 5. The second kappa shape index (κ2) is 7.70. The molecule has 0 spiro atoms. The number of halogens is 3. The van der Waals surface area contributed by atoms with Crippen LogP contribution in [-0.2, 0) is 17.3 Å². The number of morpholine rings is 1. The maximum atomic E-state index is 13.4. The lowest BCUT2D eigenvalue weighted by Gasteiger charge is -2.49. The third-order valence-corrected chi connectivity index (χ3v) is 7.47. The Labute approximate surface area is 192 Å². The fraction of sp³-hybridized carbons (Fsp3) is 0.667. The van der Waals surface area contributed by atoms with Crippen LogP contribution in [0, 0.1) is 11.3 Å². The molecule has 180 valence electrons. The standard InChI is InChI=1S/C24H32F3N5O/c1-22(2,3)12-20-30-18(15-8-17(24(25,26)27)21(28)29-13-15)14-32(20)19-11-23(9-16(19)10-23)31-4-6-33-7-5-31/h8,13-14,16,19H,4-7,9-12H2,1-3H3,(H2,28,29). The Balaban J connectivity index is 1.49. The van der Waals surface area contributed by atoms with Gasteiger partial charge in [0.2, 0.25) is 0 Å². The average Bonchev–Trinajstić information content (AvgIpc) is 3.38. The monoisotopic (exact) mass is 463 g/mol. The van der Waals surface area contributed by atoms with Gasteiger partial charge in [0.05, 0.1) is 24.5 Å². The SMILES string of the molecule is CC(C)(C)Cc1nc(-c2cnc(N)c(C(F)(F)F)c2)cn1C1CC2(N3CCOCC3)CC1C2. The van der Waals surface area contributed by atoms with Gasteiger partial charge < -0.3 is 15.0 Å². The fourth-order valence-electron chi connectivity index (χ4n) is 5.97. The van der Waals surface area contributed by atoms with E-state index in [0.29, 0.717) is 23.2 Å². The summed E-state index contributed by atoms with van der Waals surface area (Å²) >= 11 is 0. The van der Waals surface area contributed by atoms with Gasteiger partial charge in [-0.2, -0.15) is 13.2 Å². The van der Waals surface area contributed by atoms with Crippen molar-refractivity contribution in [3.8, 4) is 11.3 Å². The Kier molecular flexibility index (Phi) is 5.28. The van der Waals surface area contributed by atoms with E-state index in [4.69, 9.17) is 15.5 Å². The second-order valence-corrected chi connectivity index (χ2v) is 11.1. The van der Waals surface area contributed by atoms with Gasteiger partial charge in [-0.3, -0.25) is 4.90 Å². The van der Waals surface area contributed by atoms with Crippen molar-refractivity contribution in [1.29, 1.82) is 0 Å². The maximum Gasteiger partial charge on any atom is 0.419 e. The minimum absolute atomic E-state index is 0.000319. The molecule has 0 aromatic carbocycles. The first-order valence-corrected chi connectivity index (χ1v) is 11.7. The van der Waals surface area contributed by atoms with Gasteiger partial charge in [0, 0.05) is 49.0 Å². The van der Waals surface area contributed by atoms with Gasteiger partial charge in [-0.25, -0.2) is 9.97 Å². The Bertz CT molecular complexity index is 1030. The van der Waals surface area contributed by atoms with Crippen LogP contribution in [0.15, 0.2) is 18.5 Å². The summed E-state index contributed by atoms with van der Waals surface area (Å²) in [4.78, 5) is 11.2. The van der Waals surface area contributed by atoms with Gasteiger partial charge in [0.15, 0.2) is 0 Å². The molecule has 3 aliphatic carbocycles. The Morgan fingerprint density at radius 3 is 2.48 bits per heavy atom. The van der Waals surface area contributed by atoms with E-state index in [1.807, 2.05) is 6.20 Å². The molecule has 6 rings (SSSR count). The Morgan fingerprint density at radius 1 is 1.15 bits per heavy atom. The lowest BCUT2D eigenvalue weighted by molar-refractivity contribution is -0.137. The van der Waals surface area contributed by atoms with Crippen LogP contribution in [0.1, 0.15) is 57.5 Å². The van der Waals surface area contributed by atoms with Crippen LogP contribution in [-0.4, -0.2) is 51.3 Å². The number of imidazole rings is 1. The number of nitrogen functional groups attached to an aromatic ring is 1. The minimum atomic E-state index is -4.55. The quantitative estimate of drug-likeness (QED) is 0.720. The van der Waals surface area contributed by atoms with Crippen LogP contribution < -0.4 is 5.73 Å². The van der Waals surface area contributed by atoms with E-state index in [-0.39, 0.29) is 11.0 Å². The van der Waals surface area contributed by atoms with Crippen LogP contribution in [0.25, 0.3) is 11.3 Å². The number of alkyl halides is 3. The predicted molar refractivity (Wildman–Crippen MR) is 120 cm³/mol. The first-order valence-electron chi connectivity index (χ1n) is 11.7. The van der Waals surface area contributed by atoms with Crippen molar-refractivity contribution in [1.82, 2.24) is 19.4 Å². The highest BCUT2D eigenvalue weighted by Gasteiger charge is 2.59. The number of ether oxygens (including phenoxy) is 1. The number of nitrogens with zero attached hydrogens (tertiary/aromatic N) is 4. The molecule has 3 saturated carbocycles. The molecule has 6 nitrogen and oxygen atoms in total. The zero-order chi connectivity index (χ0) is 23.6. The van der Waals surface area contributed by atoms with Crippen LogP contribution in [0.5, 0.6) is 0 Å². The molecule has 4 aliphatic rings. The molecule has 33 heavy (non-hydrogen) atoms. The number of hydrogen-bond donors (Lipinski definition) is 1. The fourth-order valence-corrected chi connectivity index (χ4v) is 5.97. The molecular formula is C24H32F3N5O. The van der Waals surface area contributed by atoms with Crippen molar-refractivity contribution in [2.75, 3.05) is 32.0 Å². The average molecular weight is 464 g/mol. The lowest BCUT2D eigenvalue weighted by atomic mass is 9.75. The highest BCUT2D eigenvalue weighted by Crippen LogP contribution is 2.61. The van der Waals surface area contributed by atoms with Gasteiger partial charge in [-0.05, 0) is 36.7 Å². The lowest BCUT2D eigenvalue weighted by Crippen LogP contribution is -2.56. The van der Waals surface area contributed by atoms with E-state index in [2.05, 4.69) is 35.2 Å². The number of pyridine rings is 1. The summed E-state index contributed by atoms with van der Waals surface area (Å²) in [6.07, 6.45) is 2.91.